The second kappa shape index (κ2) is 9.36. The van der Waals surface area contributed by atoms with Gasteiger partial charge in [-0.3, -0.25) is 0 Å². The fourth-order valence-electron chi connectivity index (χ4n) is 1.13. The summed E-state index contributed by atoms with van der Waals surface area (Å²) in [4.78, 5) is 2.17. The molecular formula is C9H21NOS. The smallest absolute Gasteiger partial charge is 0.0558 e. The van der Waals surface area contributed by atoms with E-state index < -0.39 is 0 Å². The van der Waals surface area contributed by atoms with E-state index in [1.165, 1.54) is 25.7 Å². The van der Waals surface area contributed by atoms with Crippen LogP contribution in [0.4, 0.5) is 0 Å². The first-order chi connectivity index (χ1) is 5.81. The van der Waals surface area contributed by atoms with E-state index in [4.69, 9.17) is 5.11 Å². The fraction of sp³-hybridized carbons (Fsp3) is 1.00. The second-order valence-corrected chi connectivity index (χ2v) is 3.61. The van der Waals surface area contributed by atoms with Crippen molar-refractivity contribution in [3.63, 3.8) is 0 Å². The maximum absolute atomic E-state index is 8.63. The summed E-state index contributed by atoms with van der Waals surface area (Å²) in [5.74, 6) is 1.01. The number of aliphatic hydroxyl groups excluding tert-OH is 1. The molecule has 1 N–H and O–H groups in total. The number of aliphatic hydroxyl groups is 1. The summed E-state index contributed by atoms with van der Waals surface area (Å²) in [5.41, 5.74) is 0. The fourth-order valence-corrected chi connectivity index (χ4v) is 1.35. The SMILES string of the molecule is CN(CCO)CCCCCCS. The summed E-state index contributed by atoms with van der Waals surface area (Å²) >= 11 is 4.15. The molecule has 0 aromatic rings. The molecule has 0 radical (unpaired) electrons. The van der Waals surface area contributed by atoms with Crippen LogP contribution in [-0.4, -0.2) is 42.5 Å². The molecule has 3 heteroatoms. The predicted octanol–water partition coefficient (Wildman–Crippen LogP) is 1.40. The Morgan fingerprint density at radius 2 is 1.75 bits per heavy atom. The number of thiol groups is 1. The maximum atomic E-state index is 8.63. The van der Waals surface area contributed by atoms with Gasteiger partial charge in [0.05, 0.1) is 6.61 Å². The molecule has 0 aliphatic carbocycles. The number of rotatable bonds is 8. The highest BCUT2D eigenvalue weighted by molar-refractivity contribution is 7.80. The average Bonchev–Trinajstić information content (AvgIpc) is 2.05. The van der Waals surface area contributed by atoms with Gasteiger partial charge in [0.2, 0.25) is 0 Å². The first kappa shape index (κ1) is 12.3. The molecule has 12 heavy (non-hydrogen) atoms. The summed E-state index contributed by atoms with van der Waals surface area (Å²) in [6, 6.07) is 0. The lowest BCUT2D eigenvalue weighted by Gasteiger charge is -2.14. The Bertz CT molecular complexity index is 90.6. The molecular weight excluding hydrogens is 170 g/mol. The van der Waals surface area contributed by atoms with Crippen molar-refractivity contribution in [1.29, 1.82) is 0 Å². The van der Waals surface area contributed by atoms with Gasteiger partial charge in [-0.15, -0.1) is 0 Å². The van der Waals surface area contributed by atoms with Crippen LogP contribution in [0, 0.1) is 0 Å². The molecule has 0 atom stereocenters. The topological polar surface area (TPSA) is 23.5 Å². The van der Waals surface area contributed by atoms with Crippen LogP contribution in [0.2, 0.25) is 0 Å². The minimum Gasteiger partial charge on any atom is -0.395 e. The van der Waals surface area contributed by atoms with Crippen LogP contribution in [0.1, 0.15) is 25.7 Å². The van der Waals surface area contributed by atoms with Crippen molar-refractivity contribution in [2.45, 2.75) is 25.7 Å². The molecule has 74 valence electrons. The van der Waals surface area contributed by atoms with Crippen LogP contribution >= 0.6 is 12.6 Å². The number of hydrogen-bond acceptors (Lipinski definition) is 3. The van der Waals surface area contributed by atoms with Gasteiger partial charge in [-0.2, -0.15) is 12.6 Å². The highest BCUT2D eigenvalue weighted by Crippen LogP contribution is 2.01. The molecule has 0 saturated heterocycles. The van der Waals surface area contributed by atoms with Gasteiger partial charge in [-0.1, -0.05) is 12.8 Å². The Morgan fingerprint density at radius 1 is 1.08 bits per heavy atom. The minimum absolute atomic E-state index is 0.271. The molecule has 0 amide bonds. The number of nitrogens with zero attached hydrogens (tertiary/aromatic N) is 1. The molecule has 0 saturated carbocycles. The van der Waals surface area contributed by atoms with Crippen LogP contribution in [0.5, 0.6) is 0 Å². The number of hydrogen-bond donors (Lipinski definition) is 2. The zero-order chi connectivity index (χ0) is 9.23. The molecule has 0 heterocycles. The van der Waals surface area contributed by atoms with Gasteiger partial charge >= 0.3 is 0 Å². The lowest BCUT2D eigenvalue weighted by atomic mass is 10.2. The number of likely N-dealkylation sites (N-methyl/N-ethyl adjacent to an activating group) is 1. The Kier molecular flexibility index (Phi) is 9.57. The van der Waals surface area contributed by atoms with Crippen LogP contribution in [0.15, 0.2) is 0 Å². The molecule has 0 aromatic carbocycles. The predicted molar refractivity (Wildman–Crippen MR) is 56.9 cm³/mol. The second-order valence-electron chi connectivity index (χ2n) is 3.16. The summed E-state index contributed by atoms with van der Waals surface area (Å²) in [7, 11) is 2.05. The van der Waals surface area contributed by atoms with Gasteiger partial charge in [-0.25, -0.2) is 0 Å². The average molecular weight is 191 g/mol. The lowest BCUT2D eigenvalue weighted by Crippen LogP contribution is -2.23. The standard InChI is InChI=1S/C9H21NOS/c1-10(7-8-11)6-4-2-3-5-9-12/h11-12H,2-9H2,1H3. The highest BCUT2D eigenvalue weighted by Gasteiger charge is 1.95. The van der Waals surface area contributed by atoms with Crippen LogP contribution in [0.3, 0.4) is 0 Å². The van der Waals surface area contributed by atoms with Crippen molar-refractivity contribution in [3.8, 4) is 0 Å². The minimum atomic E-state index is 0.271. The van der Waals surface area contributed by atoms with Crippen molar-refractivity contribution in [2.24, 2.45) is 0 Å². The van der Waals surface area contributed by atoms with E-state index >= 15 is 0 Å². The molecule has 0 aliphatic rings. The normalized spacial score (nSPS) is 11.0. The van der Waals surface area contributed by atoms with Gasteiger partial charge in [0.15, 0.2) is 0 Å². The largest absolute Gasteiger partial charge is 0.395 e. The highest BCUT2D eigenvalue weighted by atomic mass is 32.1. The Balaban J connectivity index is 2.97. The van der Waals surface area contributed by atoms with Crippen LogP contribution in [0.25, 0.3) is 0 Å². The van der Waals surface area contributed by atoms with Gasteiger partial charge in [0, 0.05) is 6.54 Å². The van der Waals surface area contributed by atoms with Crippen molar-refractivity contribution in [3.05, 3.63) is 0 Å². The molecule has 0 unspecified atom stereocenters. The monoisotopic (exact) mass is 191 g/mol. The molecule has 0 bridgehead atoms. The van der Waals surface area contributed by atoms with Gasteiger partial charge in [-0.05, 0) is 32.2 Å². The first-order valence-corrected chi connectivity index (χ1v) is 5.34. The third-order valence-electron chi connectivity index (χ3n) is 1.93. The summed E-state index contributed by atoms with van der Waals surface area (Å²) < 4.78 is 0. The van der Waals surface area contributed by atoms with E-state index in [9.17, 15) is 0 Å². The van der Waals surface area contributed by atoms with E-state index in [1.807, 2.05) is 0 Å². The molecule has 0 fully saturated rings. The third-order valence-corrected chi connectivity index (χ3v) is 2.25. The number of unbranched alkanes of at least 4 members (excludes halogenated alkanes) is 3. The summed E-state index contributed by atoms with van der Waals surface area (Å²) in [6.07, 6.45) is 5.05. The van der Waals surface area contributed by atoms with E-state index in [1.54, 1.807) is 0 Å². The molecule has 0 rings (SSSR count). The Labute approximate surface area is 81.4 Å². The van der Waals surface area contributed by atoms with Gasteiger partial charge in [0.1, 0.15) is 0 Å². The third kappa shape index (κ3) is 8.37. The molecule has 0 aliphatic heterocycles. The van der Waals surface area contributed by atoms with Crippen molar-refractivity contribution >= 4 is 12.6 Å². The lowest BCUT2D eigenvalue weighted by molar-refractivity contribution is 0.219. The molecule has 0 aromatic heterocycles. The van der Waals surface area contributed by atoms with E-state index in [0.717, 1.165) is 18.8 Å². The first-order valence-electron chi connectivity index (χ1n) is 4.71. The summed E-state index contributed by atoms with van der Waals surface area (Å²) in [5, 5.41) is 8.63. The zero-order valence-corrected chi connectivity index (χ0v) is 8.89. The van der Waals surface area contributed by atoms with Crippen LogP contribution in [-0.2, 0) is 0 Å². The van der Waals surface area contributed by atoms with Crippen molar-refractivity contribution in [2.75, 3.05) is 32.5 Å². The summed E-state index contributed by atoms with van der Waals surface area (Å²) in [6.45, 7) is 2.17. The Hall–Kier alpha value is 0.270. The maximum Gasteiger partial charge on any atom is 0.0558 e. The van der Waals surface area contributed by atoms with E-state index in [0.29, 0.717) is 0 Å². The molecule has 2 nitrogen and oxygen atoms in total. The Morgan fingerprint density at radius 3 is 2.33 bits per heavy atom. The van der Waals surface area contributed by atoms with Crippen molar-refractivity contribution in [1.82, 2.24) is 4.90 Å². The van der Waals surface area contributed by atoms with E-state index in [-0.39, 0.29) is 6.61 Å². The van der Waals surface area contributed by atoms with E-state index in [2.05, 4.69) is 24.6 Å². The quantitative estimate of drug-likeness (QED) is 0.447. The van der Waals surface area contributed by atoms with Gasteiger partial charge in [0.25, 0.3) is 0 Å². The zero-order valence-electron chi connectivity index (χ0n) is 8.00. The van der Waals surface area contributed by atoms with Crippen LogP contribution < -0.4 is 0 Å². The van der Waals surface area contributed by atoms with Crippen molar-refractivity contribution < 1.29 is 5.11 Å². The molecule has 0 spiro atoms. The van der Waals surface area contributed by atoms with Gasteiger partial charge < -0.3 is 10.0 Å².